The van der Waals surface area contributed by atoms with Gasteiger partial charge in [0, 0.05) is 18.1 Å². The zero-order valence-electron chi connectivity index (χ0n) is 11.6. The summed E-state index contributed by atoms with van der Waals surface area (Å²) >= 11 is 1.51. The molecule has 0 saturated carbocycles. The van der Waals surface area contributed by atoms with Gasteiger partial charge in [-0.15, -0.1) is 11.3 Å². The summed E-state index contributed by atoms with van der Waals surface area (Å²) in [5.41, 5.74) is 7.55. The molecule has 0 atom stereocenters. The lowest BCUT2D eigenvalue weighted by atomic mass is 10.2. The number of hydrogen-bond acceptors (Lipinski definition) is 5. The minimum atomic E-state index is -3.56. The summed E-state index contributed by atoms with van der Waals surface area (Å²) in [5.74, 6) is 0. The van der Waals surface area contributed by atoms with Gasteiger partial charge in [0.05, 0.1) is 22.1 Å². The van der Waals surface area contributed by atoms with Crippen LogP contribution in [0.2, 0.25) is 0 Å². The largest absolute Gasteiger partial charge is 0.399 e. The summed E-state index contributed by atoms with van der Waals surface area (Å²) in [4.78, 5) is 4.53. The molecule has 1 aromatic carbocycles. The summed E-state index contributed by atoms with van der Waals surface area (Å²) < 4.78 is 26.4. The normalized spacial score (nSPS) is 12.0. The first-order chi connectivity index (χ1) is 9.30. The van der Waals surface area contributed by atoms with Gasteiger partial charge < -0.3 is 5.73 Å². The van der Waals surface area contributed by atoms with Gasteiger partial charge in [-0.25, -0.2) is 13.4 Å². The van der Waals surface area contributed by atoms with Crippen LogP contribution in [0.4, 0.5) is 5.69 Å². The fourth-order valence-corrected chi connectivity index (χ4v) is 3.86. The van der Waals surface area contributed by atoms with E-state index in [1.54, 1.807) is 26.1 Å². The zero-order chi connectivity index (χ0) is 14.9. The minimum absolute atomic E-state index is 0.243. The first-order valence-corrected chi connectivity index (χ1v) is 8.36. The summed E-state index contributed by atoms with van der Waals surface area (Å²) in [7, 11) is -2.01. The Hall–Kier alpha value is -1.44. The Morgan fingerprint density at radius 1 is 1.35 bits per heavy atom. The van der Waals surface area contributed by atoms with Crippen molar-refractivity contribution in [1.29, 1.82) is 0 Å². The number of nitrogens with zero attached hydrogens (tertiary/aromatic N) is 2. The Kier molecular flexibility index (Phi) is 4.12. The maximum atomic E-state index is 12.6. The molecule has 2 rings (SSSR count). The second-order valence-corrected chi connectivity index (χ2v) is 7.72. The second-order valence-electron chi connectivity index (χ2n) is 4.64. The molecule has 0 amide bonds. The maximum absolute atomic E-state index is 12.6. The first-order valence-electron chi connectivity index (χ1n) is 6.04. The molecule has 5 nitrogen and oxygen atoms in total. The number of aryl methyl sites for hydroxylation is 2. The highest BCUT2D eigenvalue weighted by Gasteiger charge is 2.23. The van der Waals surface area contributed by atoms with Crippen molar-refractivity contribution in [2.45, 2.75) is 25.3 Å². The fourth-order valence-electron chi connectivity index (χ4n) is 1.86. The van der Waals surface area contributed by atoms with E-state index in [4.69, 9.17) is 5.73 Å². The second kappa shape index (κ2) is 5.51. The van der Waals surface area contributed by atoms with Crippen LogP contribution in [0.1, 0.15) is 16.3 Å². The highest BCUT2D eigenvalue weighted by Crippen LogP contribution is 2.23. The van der Waals surface area contributed by atoms with Crippen LogP contribution >= 0.6 is 11.3 Å². The van der Waals surface area contributed by atoms with Crippen LogP contribution in [0.3, 0.4) is 0 Å². The number of thiazole rings is 1. The lowest BCUT2D eigenvalue weighted by Gasteiger charge is -2.17. The van der Waals surface area contributed by atoms with Crippen molar-refractivity contribution < 1.29 is 8.42 Å². The minimum Gasteiger partial charge on any atom is -0.399 e. The van der Waals surface area contributed by atoms with Crippen LogP contribution in [0.15, 0.2) is 28.5 Å². The summed E-state index contributed by atoms with van der Waals surface area (Å²) in [6, 6.07) is 4.90. The predicted octanol–water partition coefficient (Wildman–Crippen LogP) is 2.16. The van der Waals surface area contributed by atoms with E-state index in [-0.39, 0.29) is 11.4 Å². The molecule has 0 aliphatic carbocycles. The quantitative estimate of drug-likeness (QED) is 0.878. The molecule has 7 heteroatoms. The molecule has 0 saturated heterocycles. The van der Waals surface area contributed by atoms with Gasteiger partial charge >= 0.3 is 0 Å². The highest BCUT2D eigenvalue weighted by atomic mass is 32.2. The Morgan fingerprint density at radius 2 is 2.05 bits per heavy atom. The Morgan fingerprint density at radius 3 is 2.65 bits per heavy atom. The van der Waals surface area contributed by atoms with Gasteiger partial charge in [-0.05, 0) is 31.5 Å². The van der Waals surface area contributed by atoms with E-state index in [0.717, 1.165) is 10.7 Å². The van der Waals surface area contributed by atoms with Crippen molar-refractivity contribution in [3.05, 3.63) is 39.8 Å². The molecule has 1 heterocycles. The van der Waals surface area contributed by atoms with E-state index in [9.17, 15) is 8.42 Å². The number of hydrogen-bond donors (Lipinski definition) is 1. The van der Waals surface area contributed by atoms with E-state index < -0.39 is 10.0 Å². The van der Waals surface area contributed by atoms with Gasteiger partial charge in [-0.2, -0.15) is 4.31 Å². The third kappa shape index (κ3) is 3.00. The van der Waals surface area contributed by atoms with E-state index in [1.807, 2.05) is 12.3 Å². The summed E-state index contributed by atoms with van der Waals surface area (Å²) in [6.07, 6.45) is 0. The molecule has 0 radical (unpaired) electrons. The lowest BCUT2D eigenvalue weighted by molar-refractivity contribution is 0.462. The molecular formula is C13H17N3O2S2. The molecule has 108 valence electrons. The summed E-state index contributed by atoms with van der Waals surface area (Å²) in [5, 5.41) is 2.79. The van der Waals surface area contributed by atoms with E-state index in [1.165, 1.54) is 21.7 Å². The number of nitrogens with two attached hydrogens (primary N) is 1. The number of nitrogen functional groups attached to an aromatic ring is 1. The Bertz CT molecular complexity index is 723. The molecule has 2 N–H and O–H groups in total. The van der Waals surface area contributed by atoms with Crippen molar-refractivity contribution in [3.63, 3.8) is 0 Å². The molecule has 0 aliphatic rings. The van der Waals surface area contributed by atoms with Crippen molar-refractivity contribution in [3.8, 4) is 0 Å². The van der Waals surface area contributed by atoms with E-state index >= 15 is 0 Å². The predicted molar refractivity (Wildman–Crippen MR) is 81.1 cm³/mol. The topological polar surface area (TPSA) is 76.3 Å². The number of benzene rings is 1. The SMILES string of the molecule is Cc1nc(CN(C)S(=O)(=O)c2cc(N)ccc2C)cs1. The molecular weight excluding hydrogens is 294 g/mol. The molecule has 0 spiro atoms. The first kappa shape index (κ1) is 15.0. The number of aromatic nitrogens is 1. The van der Waals surface area contributed by atoms with Gasteiger partial charge in [-0.1, -0.05) is 6.07 Å². The molecule has 20 heavy (non-hydrogen) atoms. The molecule has 0 fully saturated rings. The van der Waals surface area contributed by atoms with Crippen molar-refractivity contribution in [1.82, 2.24) is 9.29 Å². The molecule has 0 unspecified atom stereocenters. The zero-order valence-corrected chi connectivity index (χ0v) is 13.3. The molecule has 2 aromatic rings. The monoisotopic (exact) mass is 311 g/mol. The van der Waals surface area contributed by atoms with Crippen LogP contribution in [-0.2, 0) is 16.6 Å². The van der Waals surface area contributed by atoms with Crippen LogP contribution in [0.5, 0.6) is 0 Å². The fraction of sp³-hybridized carbons (Fsp3) is 0.308. The maximum Gasteiger partial charge on any atom is 0.243 e. The molecule has 0 aliphatic heterocycles. The van der Waals surface area contributed by atoms with Crippen LogP contribution in [0.25, 0.3) is 0 Å². The number of anilines is 1. The standard InChI is InChI=1S/C13H17N3O2S2/c1-9-4-5-11(14)6-13(9)20(17,18)16(3)7-12-8-19-10(2)15-12/h4-6,8H,7,14H2,1-3H3. The van der Waals surface area contributed by atoms with Crippen molar-refractivity contribution in [2.24, 2.45) is 0 Å². The van der Waals surface area contributed by atoms with Crippen LogP contribution in [-0.4, -0.2) is 24.8 Å². The van der Waals surface area contributed by atoms with Gasteiger partial charge in [0.15, 0.2) is 0 Å². The van der Waals surface area contributed by atoms with Gasteiger partial charge in [0.1, 0.15) is 0 Å². The summed E-state index contributed by atoms with van der Waals surface area (Å²) in [6.45, 7) is 3.90. The number of rotatable bonds is 4. The lowest BCUT2D eigenvalue weighted by Crippen LogP contribution is -2.27. The van der Waals surface area contributed by atoms with Gasteiger partial charge in [0.2, 0.25) is 10.0 Å². The third-order valence-corrected chi connectivity index (χ3v) is 5.72. The molecule has 0 bridgehead atoms. The Labute approximate surface area is 123 Å². The number of sulfonamides is 1. The smallest absolute Gasteiger partial charge is 0.243 e. The van der Waals surface area contributed by atoms with Crippen molar-refractivity contribution in [2.75, 3.05) is 12.8 Å². The Balaban J connectivity index is 2.32. The third-order valence-electron chi connectivity index (χ3n) is 2.95. The van der Waals surface area contributed by atoms with Crippen molar-refractivity contribution >= 4 is 27.0 Å². The highest BCUT2D eigenvalue weighted by molar-refractivity contribution is 7.89. The average molecular weight is 311 g/mol. The van der Waals surface area contributed by atoms with E-state index in [0.29, 0.717) is 11.3 Å². The van der Waals surface area contributed by atoms with Crippen LogP contribution < -0.4 is 5.73 Å². The van der Waals surface area contributed by atoms with E-state index in [2.05, 4.69) is 4.98 Å². The molecule has 1 aromatic heterocycles. The van der Waals surface area contributed by atoms with Gasteiger partial charge in [-0.3, -0.25) is 0 Å². The average Bonchev–Trinajstić information content (AvgIpc) is 2.77. The van der Waals surface area contributed by atoms with Crippen LogP contribution in [0, 0.1) is 13.8 Å². The van der Waals surface area contributed by atoms with Gasteiger partial charge in [0.25, 0.3) is 0 Å².